The Labute approximate surface area is 110 Å². The lowest BCUT2D eigenvalue weighted by atomic mass is 10.1. The molecular formula is C14H15N3O2. The monoisotopic (exact) mass is 257 g/mol. The third kappa shape index (κ3) is 2.71. The molecule has 0 fully saturated rings. The summed E-state index contributed by atoms with van der Waals surface area (Å²) in [4.78, 5) is 27.3. The van der Waals surface area contributed by atoms with Gasteiger partial charge in [0.1, 0.15) is 0 Å². The van der Waals surface area contributed by atoms with Crippen LogP contribution in [0, 0.1) is 0 Å². The Morgan fingerprint density at radius 2 is 2.00 bits per heavy atom. The van der Waals surface area contributed by atoms with Crippen molar-refractivity contribution in [3.63, 3.8) is 0 Å². The Balaban J connectivity index is 2.33. The lowest BCUT2D eigenvalue weighted by Gasteiger charge is -2.20. The molecule has 0 saturated carbocycles. The van der Waals surface area contributed by atoms with Gasteiger partial charge in [0, 0.05) is 31.5 Å². The van der Waals surface area contributed by atoms with Crippen LogP contribution in [0.25, 0.3) is 0 Å². The zero-order valence-electron chi connectivity index (χ0n) is 10.6. The highest BCUT2D eigenvalue weighted by atomic mass is 16.2. The number of nitrogens with one attached hydrogen (secondary N) is 1. The quantitative estimate of drug-likeness (QED) is 0.864. The van der Waals surface area contributed by atoms with E-state index in [1.807, 2.05) is 24.3 Å². The first-order valence-electron chi connectivity index (χ1n) is 5.88. The highest BCUT2D eigenvalue weighted by Gasteiger charge is 2.15. The van der Waals surface area contributed by atoms with Crippen molar-refractivity contribution in [3.8, 4) is 0 Å². The van der Waals surface area contributed by atoms with E-state index in [2.05, 4.69) is 4.98 Å². The fourth-order valence-corrected chi connectivity index (χ4v) is 1.86. The molecule has 0 saturated heterocycles. The molecule has 1 aromatic heterocycles. The molecule has 5 heteroatoms. The SMILES string of the molecule is CN(C(=O)c1ccc(=O)[nH]c1)c1ccccc1CN. The molecule has 0 unspecified atom stereocenters. The number of benzene rings is 1. The molecule has 0 atom stereocenters. The molecule has 0 aliphatic carbocycles. The van der Waals surface area contributed by atoms with Gasteiger partial charge in [-0.15, -0.1) is 0 Å². The maximum atomic E-state index is 12.3. The molecule has 19 heavy (non-hydrogen) atoms. The topological polar surface area (TPSA) is 79.2 Å². The number of amides is 1. The first-order valence-corrected chi connectivity index (χ1v) is 5.88. The molecule has 2 aromatic rings. The van der Waals surface area contributed by atoms with Crippen LogP contribution in [0.2, 0.25) is 0 Å². The second-order valence-corrected chi connectivity index (χ2v) is 4.14. The average Bonchev–Trinajstić information content (AvgIpc) is 2.46. The van der Waals surface area contributed by atoms with Crippen LogP contribution in [0.3, 0.4) is 0 Å². The number of para-hydroxylation sites is 1. The lowest BCUT2D eigenvalue weighted by molar-refractivity contribution is 0.0992. The number of hydrogen-bond acceptors (Lipinski definition) is 3. The third-order valence-electron chi connectivity index (χ3n) is 2.91. The van der Waals surface area contributed by atoms with Gasteiger partial charge in [-0.3, -0.25) is 9.59 Å². The second-order valence-electron chi connectivity index (χ2n) is 4.14. The third-order valence-corrected chi connectivity index (χ3v) is 2.91. The molecule has 1 amide bonds. The maximum Gasteiger partial charge on any atom is 0.259 e. The number of aromatic amines is 1. The Kier molecular flexibility index (Phi) is 3.77. The second kappa shape index (κ2) is 5.49. The standard InChI is InChI=1S/C14H15N3O2/c1-17(12-5-3-2-4-10(12)8-15)14(19)11-6-7-13(18)16-9-11/h2-7,9H,8,15H2,1H3,(H,16,18). The van der Waals surface area contributed by atoms with E-state index in [9.17, 15) is 9.59 Å². The van der Waals surface area contributed by atoms with E-state index in [0.717, 1.165) is 11.3 Å². The van der Waals surface area contributed by atoms with Crippen LogP contribution in [-0.4, -0.2) is 17.9 Å². The molecule has 0 spiro atoms. The molecule has 0 aliphatic heterocycles. The van der Waals surface area contributed by atoms with Gasteiger partial charge in [-0.2, -0.15) is 0 Å². The predicted octanol–water partition coefficient (Wildman–Crippen LogP) is 1.11. The number of hydrogen-bond donors (Lipinski definition) is 2. The predicted molar refractivity (Wildman–Crippen MR) is 74.1 cm³/mol. The van der Waals surface area contributed by atoms with E-state index in [-0.39, 0.29) is 11.5 Å². The first kappa shape index (κ1) is 13.0. The normalized spacial score (nSPS) is 10.2. The minimum absolute atomic E-state index is 0.197. The minimum atomic E-state index is -0.235. The van der Waals surface area contributed by atoms with E-state index in [0.29, 0.717) is 12.1 Å². The Hall–Kier alpha value is -2.40. The van der Waals surface area contributed by atoms with Gasteiger partial charge in [-0.1, -0.05) is 18.2 Å². The number of anilines is 1. The molecule has 0 bridgehead atoms. The van der Waals surface area contributed by atoms with Crippen LogP contribution in [0.1, 0.15) is 15.9 Å². The van der Waals surface area contributed by atoms with E-state index < -0.39 is 0 Å². The average molecular weight is 257 g/mol. The number of pyridine rings is 1. The van der Waals surface area contributed by atoms with Crippen LogP contribution in [0.5, 0.6) is 0 Å². The smallest absolute Gasteiger partial charge is 0.259 e. The van der Waals surface area contributed by atoms with Gasteiger partial charge in [0.15, 0.2) is 0 Å². The maximum absolute atomic E-state index is 12.3. The molecule has 0 aliphatic rings. The van der Waals surface area contributed by atoms with Crippen molar-refractivity contribution in [1.29, 1.82) is 0 Å². The number of carbonyl (C=O) groups is 1. The summed E-state index contributed by atoms with van der Waals surface area (Å²) in [5.41, 5.74) is 7.51. The minimum Gasteiger partial charge on any atom is -0.328 e. The Morgan fingerprint density at radius 1 is 1.26 bits per heavy atom. The van der Waals surface area contributed by atoms with Crippen LogP contribution in [-0.2, 0) is 6.54 Å². The van der Waals surface area contributed by atoms with Crippen LogP contribution >= 0.6 is 0 Å². The Morgan fingerprint density at radius 3 is 2.63 bits per heavy atom. The summed E-state index contributed by atoms with van der Waals surface area (Å²) in [7, 11) is 1.68. The highest BCUT2D eigenvalue weighted by Crippen LogP contribution is 2.20. The first-order chi connectivity index (χ1) is 9.13. The van der Waals surface area contributed by atoms with E-state index >= 15 is 0 Å². The van der Waals surface area contributed by atoms with Gasteiger partial charge in [0.2, 0.25) is 5.56 Å². The number of rotatable bonds is 3. The molecule has 1 aromatic carbocycles. The van der Waals surface area contributed by atoms with Crippen LogP contribution in [0.4, 0.5) is 5.69 Å². The highest BCUT2D eigenvalue weighted by molar-refractivity contribution is 6.05. The summed E-state index contributed by atoms with van der Waals surface area (Å²) >= 11 is 0. The van der Waals surface area contributed by atoms with Gasteiger partial charge in [0.05, 0.1) is 5.56 Å². The number of nitrogens with zero attached hydrogens (tertiary/aromatic N) is 1. The summed E-state index contributed by atoms with van der Waals surface area (Å²) in [5.74, 6) is -0.197. The van der Waals surface area contributed by atoms with Crippen molar-refractivity contribution in [1.82, 2.24) is 4.98 Å². The number of nitrogens with two attached hydrogens (primary N) is 1. The molecule has 5 nitrogen and oxygen atoms in total. The lowest BCUT2D eigenvalue weighted by Crippen LogP contribution is -2.28. The number of carbonyl (C=O) groups excluding carboxylic acids is 1. The molecule has 0 radical (unpaired) electrons. The van der Waals surface area contributed by atoms with Gasteiger partial charge < -0.3 is 15.6 Å². The van der Waals surface area contributed by atoms with Gasteiger partial charge in [-0.05, 0) is 17.7 Å². The number of H-pyrrole nitrogens is 1. The molecule has 98 valence electrons. The van der Waals surface area contributed by atoms with E-state index in [1.54, 1.807) is 7.05 Å². The summed E-state index contributed by atoms with van der Waals surface area (Å²) < 4.78 is 0. The van der Waals surface area contributed by atoms with Gasteiger partial charge >= 0.3 is 0 Å². The zero-order chi connectivity index (χ0) is 13.8. The summed E-state index contributed by atoms with van der Waals surface area (Å²) in [6, 6.07) is 10.3. The molecular weight excluding hydrogens is 242 g/mol. The van der Waals surface area contributed by atoms with Gasteiger partial charge in [0.25, 0.3) is 5.91 Å². The van der Waals surface area contributed by atoms with E-state index in [4.69, 9.17) is 5.73 Å². The molecule has 3 N–H and O–H groups in total. The molecule has 1 heterocycles. The summed E-state index contributed by atoms with van der Waals surface area (Å²) in [6.07, 6.45) is 1.41. The molecule has 2 rings (SSSR count). The van der Waals surface area contributed by atoms with Crippen molar-refractivity contribution >= 4 is 11.6 Å². The fraction of sp³-hybridized carbons (Fsp3) is 0.143. The Bertz CT molecular complexity index is 629. The van der Waals surface area contributed by atoms with Crippen LogP contribution in [0.15, 0.2) is 47.4 Å². The van der Waals surface area contributed by atoms with Crippen molar-refractivity contribution < 1.29 is 4.79 Å². The van der Waals surface area contributed by atoms with Gasteiger partial charge in [-0.25, -0.2) is 0 Å². The summed E-state index contributed by atoms with van der Waals surface area (Å²) in [5, 5.41) is 0. The largest absolute Gasteiger partial charge is 0.328 e. The van der Waals surface area contributed by atoms with Crippen LogP contribution < -0.4 is 16.2 Å². The van der Waals surface area contributed by atoms with Crippen molar-refractivity contribution in [2.24, 2.45) is 5.73 Å². The van der Waals surface area contributed by atoms with Crippen molar-refractivity contribution in [3.05, 3.63) is 64.1 Å². The zero-order valence-corrected chi connectivity index (χ0v) is 10.6. The summed E-state index contributed by atoms with van der Waals surface area (Å²) in [6.45, 7) is 0.361. The number of aromatic nitrogens is 1. The fourth-order valence-electron chi connectivity index (χ4n) is 1.86. The van der Waals surface area contributed by atoms with Crippen molar-refractivity contribution in [2.75, 3.05) is 11.9 Å². The van der Waals surface area contributed by atoms with Crippen molar-refractivity contribution in [2.45, 2.75) is 6.54 Å². The van der Waals surface area contributed by atoms with E-state index in [1.165, 1.54) is 23.2 Å².